The minimum atomic E-state index is -4.96. The molecule has 0 spiro atoms. The van der Waals surface area contributed by atoms with Crippen LogP contribution in [0.2, 0.25) is 0 Å². The normalized spacial score (nSPS) is 16.7. The van der Waals surface area contributed by atoms with Gasteiger partial charge in [-0.25, -0.2) is 9.13 Å². The molecule has 0 aromatic heterocycles. The van der Waals surface area contributed by atoms with Crippen LogP contribution < -0.4 is 29.6 Å². The first kappa shape index (κ1) is 15.2. The Morgan fingerprint density at radius 1 is 1.27 bits per heavy atom. The Morgan fingerprint density at radius 2 is 1.64 bits per heavy atom. The first-order chi connectivity index (χ1) is 4.27. The molecule has 0 bridgehead atoms. The zero-order valence-electron chi connectivity index (χ0n) is 6.45. The van der Waals surface area contributed by atoms with E-state index >= 15 is 0 Å². The molecule has 0 aliphatic rings. The molecule has 64 valence electrons. The second-order valence-corrected chi connectivity index (χ2v) is 4.56. The van der Waals surface area contributed by atoms with Crippen molar-refractivity contribution in [1.29, 1.82) is 0 Å². The summed E-state index contributed by atoms with van der Waals surface area (Å²) in [5, 5.41) is 0. The van der Waals surface area contributed by atoms with Gasteiger partial charge in [0.1, 0.15) is 0 Å². The molecule has 7 nitrogen and oxygen atoms in total. The molecule has 3 N–H and O–H groups in total. The number of phosphoric acid groups is 2. The minimum Gasteiger partial charge on any atom is -1.00 e. The van der Waals surface area contributed by atoms with Crippen LogP contribution in [0.5, 0.6) is 0 Å². The van der Waals surface area contributed by atoms with Crippen LogP contribution in [0.3, 0.4) is 0 Å². The van der Waals surface area contributed by atoms with E-state index in [1.54, 1.807) is 0 Å². The molecule has 0 aromatic carbocycles. The summed E-state index contributed by atoms with van der Waals surface area (Å²) in [6.07, 6.45) is 0. The van der Waals surface area contributed by atoms with Gasteiger partial charge in [0.2, 0.25) is 0 Å². The SMILES string of the molecule is O=P(O)(O)OP(=O)(O)OP.[H-].[Na+]. The van der Waals surface area contributed by atoms with E-state index in [0.29, 0.717) is 0 Å². The van der Waals surface area contributed by atoms with E-state index in [9.17, 15) is 9.13 Å². The quantitative estimate of drug-likeness (QED) is 0.355. The summed E-state index contributed by atoms with van der Waals surface area (Å²) in [6, 6.07) is 0. The summed E-state index contributed by atoms with van der Waals surface area (Å²) in [6.45, 7) is 0. The molecule has 0 aromatic rings. The van der Waals surface area contributed by atoms with E-state index in [2.05, 4.69) is 8.62 Å². The maximum atomic E-state index is 10.2. The maximum absolute atomic E-state index is 10.2. The summed E-state index contributed by atoms with van der Waals surface area (Å²) < 4.78 is 27.0. The average molecular weight is 234 g/mol. The van der Waals surface area contributed by atoms with Gasteiger partial charge in [0.25, 0.3) is 0 Å². The molecular weight excluding hydrogens is 228 g/mol. The minimum absolute atomic E-state index is 0. The molecule has 0 heterocycles. The Labute approximate surface area is 88.4 Å². The summed E-state index contributed by atoms with van der Waals surface area (Å²) in [4.78, 5) is 24.2. The van der Waals surface area contributed by atoms with E-state index in [-0.39, 0.29) is 31.0 Å². The molecule has 11 heteroatoms. The van der Waals surface area contributed by atoms with Crippen molar-refractivity contribution in [2.45, 2.75) is 0 Å². The van der Waals surface area contributed by atoms with Crippen molar-refractivity contribution in [1.82, 2.24) is 0 Å². The van der Waals surface area contributed by atoms with Gasteiger partial charge < -0.3 is 16.1 Å². The van der Waals surface area contributed by atoms with Crippen LogP contribution >= 0.6 is 25.1 Å². The monoisotopic (exact) mass is 234 g/mol. The standard InChI is InChI=1S/Na.H5O7P3.H/c;1-9(2,3)7-10(4,5)6-8;/h;8H2,(H,4,5)(H2,1,2,3);/q+1;;-1. The van der Waals surface area contributed by atoms with Gasteiger partial charge in [-0.1, -0.05) is 0 Å². The Bertz CT molecular complexity index is 197. The molecule has 0 saturated carbocycles. The van der Waals surface area contributed by atoms with Crippen molar-refractivity contribution in [3.63, 3.8) is 0 Å². The first-order valence-corrected chi connectivity index (χ1v) is 5.25. The van der Waals surface area contributed by atoms with Crippen LogP contribution in [0.1, 0.15) is 1.43 Å². The first-order valence-electron chi connectivity index (χ1n) is 1.75. The summed E-state index contributed by atoms with van der Waals surface area (Å²) in [5.41, 5.74) is 0. The van der Waals surface area contributed by atoms with Crippen LogP contribution in [0.25, 0.3) is 0 Å². The Balaban J connectivity index is -0.000000405. The van der Waals surface area contributed by atoms with Crippen LogP contribution in [-0.2, 0) is 17.8 Å². The fourth-order valence-electron chi connectivity index (χ4n) is 0.154. The Hall–Kier alpha value is 1.69. The molecule has 11 heavy (non-hydrogen) atoms. The average Bonchev–Trinajstić information content (AvgIpc) is 1.60. The van der Waals surface area contributed by atoms with E-state index in [4.69, 9.17) is 14.7 Å². The van der Waals surface area contributed by atoms with Gasteiger partial charge in [0.05, 0.1) is 0 Å². The molecule has 0 fully saturated rings. The van der Waals surface area contributed by atoms with Crippen molar-refractivity contribution < 1.29 is 63.4 Å². The Kier molecular flexibility index (Phi) is 7.49. The van der Waals surface area contributed by atoms with Gasteiger partial charge in [0, 0.05) is 9.47 Å². The number of hydrogen-bond acceptors (Lipinski definition) is 4. The van der Waals surface area contributed by atoms with Gasteiger partial charge in [-0.05, 0) is 0 Å². The third kappa shape index (κ3) is 9.61. The van der Waals surface area contributed by atoms with E-state index in [0.717, 1.165) is 0 Å². The molecule has 0 aliphatic heterocycles. The maximum Gasteiger partial charge on any atom is 1.00 e. The smallest absolute Gasteiger partial charge is 1.00 e. The summed E-state index contributed by atoms with van der Waals surface area (Å²) >= 11 is 0. The predicted octanol–water partition coefficient (Wildman–Crippen LogP) is -2.88. The topological polar surface area (TPSA) is 113 Å². The number of rotatable bonds is 3. The zero-order chi connectivity index (χ0) is 8.41. The van der Waals surface area contributed by atoms with Gasteiger partial charge >= 0.3 is 45.2 Å². The molecule has 2 atom stereocenters. The molecular formula is H6NaO7P3. The van der Waals surface area contributed by atoms with Gasteiger partial charge in [-0.3, -0.25) is 4.31 Å². The zero-order valence-corrected chi connectivity index (χ0v) is 10.4. The molecule has 0 radical (unpaired) electrons. The summed E-state index contributed by atoms with van der Waals surface area (Å²) in [5.74, 6) is 0. The van der Waals surface area contributed by atoms with Crippen LogP contribution in [-0.4, -0.2) is 14.7 Å². The molecule has 2 unspecified atom stereocenters. The van der Waals surface area contributed by atoms with E-state index < -0.39 is 15.6 Å². The van der Waals surface area contributed by atoms with Crippen molar-refractivity contribution >= 4 is 25.1 Å². The van der Waals surface area contributed by atoms with Crippen LogP contribution in [0.15, 0.2) is 0 Å². The van der Waals surface area contributed by atoms with Crippen molar-refractivity contribution in [3.8, 4) is 0 Å². The fourth-order valence-corrected chi connectivity index (χ4v) is 1.73. The fraction of sp³-hybridized carbons (Fsp3) is 0. The molecule has 0 aliphatic carbocycles. The third-order valence-corrected chi connectivity index (χ3v) is 3.08. The Morgan fingerprint density at radius 3 is 1.73 bits per heavy atom. The molecule has 0 amide bonds. The van der Waals surface area contributed by atoms with E-state index in [1.807, 2.05) is 0 Å². The van der Waals surface area contributed by atoms with E-state index in [1.165, 1.54) is 9.47 Å². The third-order valence-electron chi connectivity index (χ3n) is 0.343. The second-order valence-electron chi connectivity index (χ2n) is 1.15. The molecule has 0 rings (SSSR count). The summed E-state index contributed by atoms with van der Waals surface area (Å²) in [7, 11) is -8.20. The predicted molar refractivity (Wildman–Crippen MR) is 34.9 cm³/mol. The number of hydrogen-bond donors (Lipinski definition) is 3. The largest absolute Gasteiger partial charge is 1.00 e. The van der Waals surface area contributed by atoms with Crippen LogP contribution in [0.4, 0.5) is 0 Å². The molecule has 0 saturated heterocycles. The second kappa shape index (κ2) is 5.43. The van der Waals surface area contributed by atoms with Crippen molar-refractivity contribution in [3.05, 3.63) is 0 Å². The van der Waals surface area contributed by atoms with Gasteiger partial charge in [0.15, 0.2) is 0 Å². The van der Waals surface area contributed by atoms with Crippen LogP contribution in [0, 0.1) is 0 Å². The van der Waals surface area contributed by atoms with Crippen molar-refractivity contribution in [2.24, 2.45) is 0 Å². The van der Waals surface area contributed by atoms with Crippen molar-refractivity contribution in [2.75, 3.05) is 0 Å². The van der Waals surface area contributed by atoms with Gasteiger partial charge in [-0.2, -0.15) is 4.31 Å². The van der Waals surface area contributed by atoms with Gasteiger partial charge in [-0.15, -0.1) is 0 Å².